The molecule has 0 saturated carbocycles. The van der Waals surface area contributed by atoms with Crippen LogP contribution in [0.1, 0.15) is 30.6 Å². The van der Waals surface area contributed by atoms with Gasteiger partial charge in [0.15, 0.2) is 5.65 Å². The Labute approximate surface area is 118 Å². The van der Waals surface area contributed by atoms with Gasteiger partial charge in [-0.25, -0.2) is 9.97 Å². The minimum Gasteiger partial charge on any atom is -0.381 e. The van der Waals surface area contributed by atoms with E-state index in [9.17, 15) is 0 Å². The first-order valence-corrected chi connectivity index (χ1v) is 7.42. The van der Waals surface area contributed by atoms with Gasteiger partial charge in [-0.05, 0) is 38.6 Å². The molecule has 106 valence electrons. The lowest BCUT2D eigenvalue weighted by molar-refractivity contribution is 0.192. The topological polar surface area (TPSA) is 43.2 Å². The number of pyridine rings is 1. The van der Waals surface area contributed by atoms with Crippen molar-refractivity contribution in [2.24, 2.45) is 0 Å². The SMILES string of the molecule is CN1CCC(n2c(C3CCOC3)nc3cccnc32)C1. The number of likely N-dealkylation sites (tertiary alicyclic amines) is 1. The Balaban J connectivity index is 1.84. The second kappa shape index (κ2) is 4.82. The molecule has 0 bridgehead atoms. The third-order valence-corrected chi connectivity index (χ3v) is 4.50. The van der Waals surface area contributed by atoms with E-state index in [1.54, 1.807) is 0 Å². The van der Waals surface area contributed by atoms with Crippen LogP contribution in [0.2, 0.25) is 0 Å². The third-order valence-electron chi connectivity index (χ3n) is 4.50. The number of hydrogen-bond donors (Lipinski definition) is 0. The molecule has 2 aromatic heterocycles. The molecule has 5 nitrogen and oxygen atoms in total. The second-order valence-electron chi connectivity index (χ2n) is 5.95. The van der Waals surface area contributed by atoms with E-state index in [2.05, 4.69) is 27.6 Å². The molecule has 4 heterocycles. The summed E-state index contributed by atoms with van der Waals surface area (Å²) in [5.74, 6) is 1.60. The number of aromatic nitrogens is 3. The normalized spacial score (nSPS) is 27.6. The van der Waals surface area contributed by atoms with Crippen LogP contribution in [0.5, 0.6) is 0 Å². The number of ether oxygens (including phenoxy) is 1. The molecular weight excluding hydrogens is 252 g/mol. The van der Waals surface area contributed by atoms with Crippen LogP contribution in [-0.2, 0) is 4.74 Å². The summed E-state index contributed by atoms with van der Waals surface area (Å²) in [5.41, 5.74) is 2.05. The lowest BCUT2D eigenvalue weighted by Gasteiger charge is -2.18. The van der Waals surface area contributed by atoms with Crippen molar-refractivity contribution in [1.29, 1.82) is 0 Å². The number of imidazole rings is 1. The molecule has 2 saturated heterocycles. The third kappa shape index (κ3) is 1.93. The van der Waals surface area contributed by atoms with Gasteiger partial charge in [0.2, 0.25) is 0 Å². The standard InChI is InChI=1S/C15H20N4O/c1-18-7-4-12(9-18)19-14(11-5-8-20-10-11)17-13-3-2-6-16-15(13)19/h2-3,6,11-12H,4-5,7-10H2,1H3. The van der Waals surface area contributed by atoms with Gasteiger partial charge in [-0.2, -0.15) is 0 Å². The fourth-order valence-electron chi connectivity index (χ4n) is 3.46. The number of likely N-dealkylation sites (N-methyl/N-ethyl adjacent to an activating group) is 1. The predicted octanol–water partition coefficient (Wildman–Crippen LogP) is 1.81. The van der Waals surface area contributed by atoms with E-state index in [0.717, 1.165) is 43.9 Å². The second-order valence-corrected chi connectivity index (χ2v) is 5.95. The zero-order chi connectivity index (χ0) is 13.5. The smallest absolute Gasteiger partial charge is 0.160 e. The van der Waals surface area contributed by atoms with Crippen LogP contribution in [0.3, 0.4) is 0 Å². The molecule has 0 radical (unpaired) electrons. The molecule has 0 amide bonds. The lowest BCUT2D eigenvalue weighted by atomic mass is 10.1. The Morgan fingerprint density at radius 1 is 1.35 bits per heavy atom. The van der Waals surface area contributed by atoms with Crippen molar-refractivity contribution in [3.63, 3.8) is 0 Å². The van der Waals surface area contributed by atoms with E-state index in [-0.39, 0.29) is 0 Å². The van der Waals surface area contributed by atoms with E-state index in [0.29, 0.717) is 12.0 Å². The fraction of sp³-hybridized carbons (Fsp3) is 0.600. The molecule has 2 atom stereocenters. The molecule has 2 aromatic rings. The molecule has 5 heteroatoms. The van der Waals surface area contributed by atoms with E-state index in [1.807, 2.05) is 12.3 Å². The Bertz CT molecular complexity index is 617. The summed E-state index contributed by atoms with van der Waals surface area (Å²) in [7, 11) is 2.19. The molecule has 2 aliphatic rings. The van der Waals surface area contributed by atoms with E-state index < -0.39 is 0 Å². The van der Waals surface area contributed by atoms with Crippen LogP contribution in [0.4, 0.5) is 0 Å². The number of nitrogens with zero attached hydrogens (tertiary/aromatic N) is 4. The van der Waals surface area contributed by atoms with Gasteiger partial charge < -0.3 is 14.2 Å². The highest BCUT2D eigenvalue weighted by Crippen LogP contribution is 2.32. The first-order valence-electron chi connectivity index (χ1n) is 7.42. The van der Waals surface area contributed by atoms with Gasteiger partial charge in [-0.1, -0.05) is 0 Å². The molecule has 2 unspecified atom stereocenters. The Kier molecular flexibility index (Phi) is 2.97. The van der Waals surface area contributed by atoms with Gasteiger partial charge in [0.1, 0.15) is 11.3 Å². The zero-order valence-electron chi connectivity index (χ0n) is 11.8. The van der Waals surface area contributed by atoms with Crippen molar-refractivity contribution in [3.8, 4) is 0 Å². The number of fused-ring (bicyclic) bond motifs is 1. The van der Waals surface area contributed by atoms with Gasteiger partial charge in [-0.3, -0.25) is 0 Å². The van der Waals surface area contributed by atoms with Gasteiger partial charge >= 0.3 is 0 Å². The first-order chi connectivity index (χ1) is 9.83. The first kappa shape index (κ1) is 12.3. The molecule has 2 aliphatic heterocycles. The summed E-state index contributed by atoms with van der Waals surface area (Å²) >= 11 is 0. The highest BCUT2D eigenvalue weighted by atomic mass is 16.5. The van der Waals surface area contributed by atoms with Gasteiger partial charge in [0.25, 0.3) is 0 Å². The average molecular weight is 272 g/mol. The van der Waals surface area contributed by atoms with Crippen LogP contribution >= 0.6 is 0 Å². The maximum atomic E-state index is 5.56. The fourth-order valence-corrected chi connectivity index (χ4v) is 3.46. The predicted molar refractivity (Wildman–Crippen MR) is 76.9 cm³/mol. The minimum absolute atomic E-state index is 0.426. The van der Waals surface area contributed by atoms with Crippen molar-refractivity contribution in [2.45, 2.75) is 24.8 Å². The molecule has 4 rings (SSSR count). The van der Waals surface area contributed by atoms with Crippen LogP contribution in [0.25, 0.3) is 11.2 Å². The van der Waals surface area contributed by atoms with Crippen molar-refractivity contribution >= 4 is 11.2 Å². The summed E-state index contributed by atoms with van der Waals surface area (Å²) in [6, 6.07) is 4.53. The summed E-state index contributed by atoms with van der Waals surface area (Å²) in [6.07, 6.45) is 4.12. The summed E-state index contributed by atoms with van der Waals surface area (Å²) in [4.78, 5) is 11.8. The Morgan fingerprint density at radius 3 is 3.05 bits per heavy atom. The van der Waals surface area contributed by atoms with Crippen molar-refractivity contribution < 1.29 is 4.74 Å². The largest absolute Gasteiger partial charge is 0.381 e. The Morgan fingerprint density at radius 2 is 2.30 bits per heavy atom. The monoisotopic (exact) mass is 272 g/mol. The van der Waals surface area contributed by atoms with Crippen LogP contribution in [0, 0.1) is 0 Å². The van der Waals surface area contributed by atoms with E-state index >= 15 is 0 Å². The summed E-state index contributed by atoms with van der Waals surface area (Å²) in [5, 5.41) is 0. The maximum Gasteiger partial charge on any atom is 0.160 e. The molecular formula is C15H20N4O. The van der Waals surface area contributed by atoms with Crippen molar-refractivity contribution in [3.05, 3.63) is 24.2 Å². The molecule has 0 aromatic carbocycles. The highest BCUT2D eigenvalue weighted by Gasteiger charge is 2.30. The molecule has 0 N–H and O–H groups in total. The summed E-state index contributed by atoms with van der Waals surface area (Å²) < 4.78 is 7.95. The Hall–Kier alpha value is -1.46. The number of rotatable bonds is 2. The lowest BCUT2D eigenvalue weighted by Crippen LogP contribution is -2.19. The maximum absolute atomic E-state index is 5.56. The number of hydrogen-bond acceptors (Lipinski definition) is 4. The zero-order valence-corrected chi connectivity index (χ0v) is 11.8. The van der Waals surface area contributed by atoms with Crippen LogP contribution < -0.4 is 0 Å². The quantitative estimate of drug-likeness (QED) is 0.836. The van der Waals surface area contributed by atoms with Crippen LogP contribution in [-0.4, -0.2) is 52.8 Å². The molecule has 0 spiro atoms. The molecule has 2 fully saturated rings. The molecule has 0 aliphatic carbocycles. The minimum atomic E-state index is 0.426. The van der Waals surface area contributed by atoms with Gasteiger partial charge in [-0.15, -0.1) is 0 Å². The van der Waals surface area contributed by atoms with Crippen molar-refractivity contribution in [2.75, 3.05) is 33.4 Å². The highest BCUT2D eigenvalue weighted by molar-refractivity contribution is 5.71. The average Bonchev–Trinajstić information content (AvgIpc) is 3.16. The van der Waals surface area contributed by atoms with Crippen molar-refractivity contribution in [1.82, 2.24) is 19.4 Å². The van der Waals surface area contributed by atoms with E-state index in [4.69, 9.17) is 9.72 Å². The summed E-state index contributed by atoms with van der Waals surface area (Å²) in [6.45, 7) is 3.89. The van der Waals surface area contributed by atoms with Crippen LogP contribution in [0.15, 0.2) is 18.3 Å². The van der Waals surface area contributed by atoms with Gasteiger partial charge in [0.05, 0.1) is 12.6 Å². The van der Waals surface area contributed by atoms with E-state index in [1.165, 1.54) is 12.2 Å². The molecule has 20 heavy (non-hydrogen) atoms. The van der Waals surface area contributed by atoms with Gasteiger partial charge in [0, 0.05) is 25.3 Å².